The molecule has 100 valence electrons. The third-order valence-electron chi connectivity index (χ3n) is 2.90. The van der Waals surface area contributed by atoms with Crippen molar-refractivity contribution in [2.24, 2.45) is 5.41 Å². The SMILES string of the molecule is CC(C)(C)C1OCC(OCc2ccccc2)CO1. The maximum absolute atomic E-state index is 5.78. The van der Waals surface area contributed by atoms with Crippen molar-refractivity contribution in [1.82, 2.24) is 0 Å². The zero-order valence-electron chi connectivity index (χ0n) is 11.4. The first kappa shape index (κ1) is 13.5. The van der Waals surface area contributed by atoms with E-state index in [0.717, 1.165) is 0 Å². The Labute approximate surface area is 109 Å². The summed E-state index contributed by atoms with van der Waals surface area (Å²) in [5.41, 5.74) is 1.19. The molecule has 3 heteroatoms. The Balaban J connectivity index is 1.74. The second kappa shape index (κ2) is 5.83. The van der Waals surface area contributed by atoms with E-state index in [2.05, 4.69) is 32.9 Å². The van der Waals surface area contributed by atoms with Crippen molar-refractivity contribution in [3.8, 4) is 0 Å². The summed E-state index contributed by atoms with van der Waals surface area (Å²) in [5, 5.41) is 0. The zero-order valence-corrected chi connectivity index (χ0v) is 11.4. The number of ether oxygens (including phenoxy) is 3. The predicted molar refractivity (Wildman–Crippen MR) is 70.2 cm³/mol. The minimum Gasteiger partial charge on any atom is -0.369 e. The van der Waals surface area contributed by atoms with Crippen LogP contribution in [0.3, 0.4) is 0 Å². The number of benzene rings is 1. The zero-order chi connectivity index (χ0) is 13.0. The highest BCUT2D eigenvalue weighted by Gasteiger charge is 2.31. The van der Waals surface area contributed by atoms with Gasteiger partial charge in [-0.1, -0.05) is 51.1 Å². The summed E-state index contributed by atoms with van der Waals surface area (Å²) in [6, 6.07) is 10.2. The molecule has 1 aliphatic rings. The third kappa shape index (κ3) is 3.80. The van der Waals surface area contributed by atoms with Crippen LogP contribution in [0.15, 0.2) is 30.3 Å². The summed E-state index contributed by atoms with van der Waals surface area (Å²) in [6.45, 7) is 8.16. The molecule has 1 saturated heterocycles. The second-order valence-electron chi connectivity index (χ2n) is 5.78. The molecule has 0 atom stereocenters. The Kier molecular flexibility index (Phi) is 4.38. The minimum absolute atomic E-state index is 0.0183. The van der Waals surface area contributed by atoms with Gasteiger partial charge in [-0.3, -0.25) is 0 Å². The van der Waals surface area contributed by atoms with E-state index in [1.807, 2.05) is 18.2 Å². The standard InChI is InChI=1S/C15H22O3/c1-15(2,3)14-17-10-13(11-18-14)16-9-12-7-5-4-6-8-12/h4-8,13-14H,9-11H2,1-3H3. The van der Waals surface area contributed by atoms with Gasteiger partial charge in [0.25, 0.3) is 0 Å². The van der Waals surface area contributed by atoms with Gasteiger partial charge in [0.05, 0.1) is 19.8 Å². The summed E-state index contributed by atoms with van der Waals surface area (Å²) in [5.74, 6) is 0. The molecule has 0 bridgehead atoms. The number of hydrogen-bond acceptors (Lipinski definition) is 3. The highest BCUT2D eigenvalue weighted by molar-refractivity contribution is 5.13. The first-order chi connectivity index (χ1) is 8.55. The maximum Gasteiger partial charge on any atom is 0.162 e. The summed E-state index contributed by atoms with van der Waals surface area (Å²) in [4.78, 5) is 0. The molecule has 1 heterocycles. The van der Waals surface area contributed by atoms with Gasteiger partial charge in [0.1, 0.15) is 6.10 Å². The van der Waals surface area contributed by atoms with Gasteiger partial charge < -0.3 is 14.2 Å². The van der Waals surface area contributed by atoms with Crippen LogP contribution >= 0.6 is 0 Å². The van der Waals surface area contributed by atoms with Gasteiger partial charge in [0.2, 0.25) is 0 Å². The Morgan fingerprint density at radius 3 is 2.28 bits per heavy atom. The van der Waals surface area contributed by atoms with Crippen LogP contribution in [0.5, 0.6) is 0 Å². The molecule has 0 N–H and O–H groups in total. The largest absolute Gasteiger partial charge is 0.369 e. The summed E-state index contributed by atoms with van der Waals surface area (Å²) in [6.07, 6.45) is -0.0992. The van der Waals surface area contributed by atoms with E-state index in [1.165, 1.54) is 5.56 Å². The molecule has 1 aromatic rings. The fraction of sp³-hybridized carbons (Fsp3) is 0.600. The Morgan fingerprint density at radius 1 is 1.11 bits per heavy atom. The summed E-state index contributed by atoms with van der Waals surface area (Å²) >= 11 is 0. The van der Waals surface area contributed by atoms with Gasteiger partial charge in [-0.2, -0.15) is 0 Å². The molecule has 18 heavy (non-hydrogen) atoms. The van der Waals surface area contributed by atoms with Crippen LogP contribution in [0.1, 0.15) is 26.3 Å². The van der Waals surface area contributed by atoms with Crippen LogP contribution in [-0.2, 0) is 20.8 Å². The molecule has 0 aliphatic carbocycles. The first-order valence-electron chi connectivity index (χ1n) is 6.44. The lowest BCUT2D eigenvalue weighted by molar-refractivity contribution is -0.262. The summed E-state index contributed by atoms with van der Waals surface area (Å²) in [7, 11) is 0. The molecule has 0 aromatic heterocycles. The van der Waals surface area contributed by atoms with Crippen molar-refractivity contribution in [2.45, 2.75) is 39.8 Å². The third-order valence-corrected chi connectivity index (χ3v) is 2.90. The van der Waals surface area contributed by atoms with Crippen molar-refractivity contribution < 1.29 is 14.2 Å². The molecule has 1 aromatic carbocycles. The van der Waals surface area contributed by atoms with Crippen LogP contribution in [0.25, 0.3) is 0 Å². The van der Waals surface area contributed by atoms with Crippen molar-refractivity contribution >= 4 is 0 Å². The van der Waals surface area contributed by atoms with Crippen molar-refractivity contribution in [2.75, 3.05) is 13.2 Å². The average molecular weight is 250 g/mol. The molecule has 0 amide bonds. The molecule has 0 spiro atoms. The molecule has 1 aliphatic heterocycles. The lowest BCUT2D eigenvalue weighted by atomic mass is 9.95. The molecule has 0 unspecified atom stereocenters. The molecule has 0 saturated carbocycles. The first-order valence-corrected chi connectivity index (χ1v) is 6.44. The molecule has 1 fully saturated rings. The van der Waals surface area contributed by atoms with E-state index in [4.69, 9.17) is 14.2 Å². The Bertz CT molecular complexity index is 348. The van der Waals surface area contributed by atoms with E-state index in [-0.39, 0.29) is 17.8 Å². The van der Waals surface area contributed by atoms with Crippen LogP contribution in [0.4, 0.5) is 0 Å². The van der Waals surface area contributed by atoms with Crippen molar-refractivity contribution in [1.29, 1.82) is 0 Å². The van der Waals surface area contributed by atoms with Crippen molar-refractivity contribution in [3.63, 3.8) is 0 Å². The predicted octanol–water partition coefficient (Wildman–Crippen LogP) is 2.99. The topological polar surface area (TPSA) is 27.7 Å². The average Bonchev–Trinajstić information content (AvgIpc) is 2.37. The molecular weight excluding hydrogens is 228 g/mol. The Morgan fingerprint density at radius 2 is 1.72 bits per heavy atom. The van der Waals surface area contributed by atoms with Gasteiger partial charge in [-0.05, 0) is 5.56 Å². The normalized spacial score (nSPS) is 25.1. The highest BCUT2D eigenvalue weighted by atomic mass is 16.7. The van der Waals surface area contributed by atoms with Crippen LogP contribution in [0.2, 0.25) is 0 Å². The van der Waals surface area contributed by atoms with E-state index >= 15 is 0 Å². The van der Waals surface area contributed by atoms with E-state index < -0.39 is 0 Å². The van der Waals surface area contributed by atoms with Crippen LogP contribution in [0, 0.1) is 5.41 Å². The maximum atomic E-state index is 5.78. The molecule has 3 nitrogen and oxygen atoms in total. The van der Waals surface area contributed by atoms with E-state index in [1.54, 1.807) is 0 Å². The monoisotopic (exact) mass is 250 g/mol. The number of rotatable bonds is 3. The van der Waals surface area contributed by atoms with E-state index in [0.29, 0.717) is 19.8 Å². The highest BCUT2D eigenvalue weighted by Crippen LogP contribution is 2.26. The minimum atomic E-state index is -0.130. The molecule has 2 rings (SSSR count). The smallest absolute Gasteiger partial charge is 0.162 e. The van der Waals surface area contributed by atoms with Gasteiger partial charge in [-0.15, -0.1) is 0 Å². The Hall–Kier alpha value is -0.900. The lowest BCUT2D eigenvalue weighted by Crippen LogP contribution is -2.43. The van der Waals surface area contributed by atoms with Gasteiger partial charge in [0, 0.05) is 5.41 Å². The fourth-order valence-electron chi connectivity index (χ4n) is 1.87. The van der Waals surface area contributed by atoms with Crippen molar-refractivity contribution in [3.05, 3.63) is 35.9 Å². The second-order valence-corrected chi connectivity index (χ2v) is 5.78. The van der Waals surface area contributed by atoms with E-state index in [9.17, 15) is 0 Å². The van der Waals surface area contributed by atoms with Crippen LogP contribution in [-0.4, -0.2) is 25.6 Å². The van der Waals surface area contributed by atoms with Gasteiger partial charge in [-0.25, -0.2) is 0 Å². The molecular formula is C15H22O3. The number of hydrogen-bond donors (Lipinski definition) is 0. The van der Waals surface area contributed by atoms with Crippen LogP contribution < -0.4 is 0 Å². The lowest BCUT2D eigenvalue weighted by Gasteiger charge is -2.36. The fourth-order valence-corrected chi connectivity index (χ4v) is 1.87. The van der Waals surface area contributed by atoms with Gasteiger partial charge >= 0.3 is 0 Å². The summed E-state index contributed by atoms with van der Waals surface area (Å²) < 4.78 is 17.2. The quantitative estimate of drug-likeness (QED) is 0.825. The van der Waals surface area contributed by atoms with Gasteiger partial charge in [0.15, 0.2) is 6.29 Å². The molecule has 0 radical (unpaired) electrons.